The van der Waals surface area contributed by atoms with Crippen molar-refractivity contribution in [2.24, 2.45) is 5.41 Å². The van der Waals surface area contributed by atoms with E-state index in [9.17, 15) is 8.42 Å². The molecule has 0 spiro atoms. The zero-order valence-corrected chi connectivity index (χ0v) is 7.82. The van der Waals surface area contributed by atoms with Crippen molar-refractivity contribution < 1.29 is 13.5 Å². The smallest absolute Gasteiger partial charge is 0.276 e. The van der Waals surface area contributed by atoms with Crippen LogP contribution in [0.2, 0.25) is 0 Å². The van der Waals surface area contributed by atoms with Gasteiger partial charge in [0, 0.05) is 25.6 Å². The van der Waals surface area contributed by atoms with Crippen molar-refractivity contribution in [3.63, 3.8) is 0 Å². The van der Waals surface area contributed by atoms with Crippen LogP contribution in [0.5, 0.6) is 0 Å². The molecule has 5 nitrogen and oxygen atoms in total. The van der Waals surface area contributed by atoms with Crippen LogP contribution in [0.3, 0.4) is 0 Å². The Kier molecular flexibility index (Phi) is 2.72. The molecule has 0 aromatic heterocycles. The van der Waals surface area contributed by atoms with E-state index in [-0.39, 0.29) is 12.0 Å². The minimum absolute atomic E-state index is 0.0548. The molecule has 0 aromatic rings. The Bertz CT molecular complexity index is 246. The van der Waals surface area contributed by atoms with Crippen LogP contribution in [-0.2, 0) is 10.2 Å². The first-order valence-electron chi connectivity index (χ1n) is 3.83. The lowest BCUT2D eigenvalue weighted by atomic mass is 10.1. The summed E-state index contributed by atoms with van der Waals surface area (Å²) >= 11 is 0. The van der Waals surface area contributed by atoms with E-state index in [0.717, 1.165) is 12.8 Å². The van der Waals surface area contributed by atoms with Gasteiger partial charge >= 0.3 is 0 Å². The van der Waals surface area contributed by atoms with Gasteiger partial charge in [0.25, 0.3) is 10.2 Å². The molecule has 0 aromatic carbocycles. The molecule has 0 saturated heterocycles. The normalized spacial score (nSPS) is 20.8. The quantitative estimate of drug-likeness (QED) is 0.515. The van der Waals surface area contributed by atoms with Crippen molar-refractivity contribution in [1.82, 2.24) is 9.44 Å². The van der Waals surface area contributed by atoms with Crippen LogP contribution in [0.4, 0.5) is 0 Å². The molecule has 1 aliphatic rings. The summed E-state index contributed by atoms with van der Waals surface area (Å²) in [5.74, 6) is 0. The van der Waals surface area contributed by atoms with E-state index in [1.165, 1.54) is 7.05 Å². The third-order valence-electron chi connectivity index (χ3n) is 2.20. The fraction of sp³-hybridized carbons (Fsp3) is 1.00. The SMILES string of the molecule is CNS(=O)(=O)NCC1(CO)CC1. The molecule has 6 heteroatoms. The average Bonchev–Trinajstić information content (AvgIpc) is 2.82. The summed E-state index contributed by atoms with van der Waals surface area (Å²) in [6.45, 7) is 0.381. The molecular weight excluding hydrogens is 180 g/mol. The van der Waals surface area contributed by atoms with Gasteiger partial charge in [0.15, 0.2) is 0 Å². The molecule has 1 fully saturated rings. The van der Waals surface area contributed by atoms with Gasteiger partial charge in [-0.15, -0.1) is 0 Å². The van der Waals surface area contributed by atoms with E-state index >= 15 is 0 Å². The van der Waals surface area contributed by atoms with Crippen LogP contribution < -0.4 is 9.44 Å². The van der Waals surface area contributed by atoms with Crippen molar-refractivity contribution in [3.05, 3.63) is 0 Å². The third kappa shape index (κ3) is 2.41. The monoisotopic (exact) mass is 194 g/mol. The highest BCUT2D eigenvalue weighted by atomic mass is 32.2. The summed E-state index contributed by atoms with van der Waals surface area (Å²) in [7, 11) is -1.99. The standard InChI is InChI=1S/C6H14N2O3S/c1-7-12(10,11)8-4-6(5-9)2-3-6/h7-9H,2-5H2,1H3. The summed E-state index contributed by atoms with van der Waals surface area (Å²) < 4.78 is 26.3. The van der Waals surface area contributed by atoms with Gasteiger partial charge in [-0.2, -0.15) is 8.42 Å². The Hall–Kier alpha value is -0.170. The second-order valence-corrected chi connectivity index (χ2v) is 4.89. The topological polar surface area (TPSA) is 78.4 Å². The van der Waals surface area contributed by atoms with Crippen molar-refractivity contribution in [1.29, 1.82) is 0 Å². The number of hydrogen-bond acceptors (Lipinski definition) is 3. The maximum Gasteiger partial charge on any atom is 0.276 e. The van der Waals surface area contributed by atoms with Crippen LogP contribution in [-0.4, -0.2) is 33.7 Å². The van der Waals surface area contributed by atoms with E-state index in [4.69, 9.17) is 5.11 Å². The van der Waals surface area contributed by atoms with Crippen LogP contribution in [0.1, 0.15) is 12.8 Å². The zero-order valence-electron chi connectivity index (χ0n) is 7.00. The summed E-state index contributed by atoms with van der Waals surface area (Å²) in [5, 5.41) is 8.87. The summed E-state index contributed by atoms with van der Waals surface area (Å²) in [4.78, 5) is 0. The summed E-state index contributed by atoms with van der Waals surface area (Å²) in [6, 6.07) is 0. The molecule has 1 saturated carbocycles. The molecule has 1 aliphatic carbocycles. The van der Waals surface area contributed by atoms with Gasteiger partial charge in [-0.1, -0.05) is 0 Å². The largest absolute Gasteiger partial charge is 0.396 e. The third-order valence-corrected chi connectivity index (χ3v) is 3.26. The number of rotatable bonds is 5. The Morgan fingerprint density at radius 1 is 1.50 bits per heavy atom. The molecule has 0 atom stereocenters. The Labute approximate surface area is 72.3 Å². The van der Waals surface area contributed by atoms with Gasteiger partial charge in [0.1, 0.15) is 0 Å². The molecule has 3 N–H and O–H groups in total. The predicted octanol–water partition coefficient (Wildman–Crippen LogP) is -1.19. The molecular formula is C6H14N2O3S. The van der Waals surface area contributed by atoms with Crippen molar-refractivity contribution in [2.75, 3.05) is 20.2 Å². The van der Waals surface area contributed by atoms with E-state index in [1.807, 2.05) is 0 Å². The Morgan fingerprint density at radius 3 is 2.42 bits per heavy atom. The highest BCUT2D eigenvalue weighted by molar-refractivity contribution is 7.87. The van der Waals surface area contributed by atoms with Gasteiger partial charge in [-0.05, 0) is 12.8 Å². The molecule has 1 rings (SSSR count). The number of aliphatic hydroxyl groups is 1. The minimum Gasteiger partial charge on any atom is -0.396 e. The van der Waals surface area contributed by atoms with Crippen LogP contribution in [0.15, 0.2) is 0 Å². The van der Waals surface area contributed by atoms with Gasteiger partial charge < -0.3 is 5.11 Å². The minimum atomic E-state index is -3.33. The van der Waals surface area contributed by atoms with Crippen LogP contribution in [0.25, 0.3) is 0 Å². The Morgan fingerprint density at radius 2 is 2.08 bits per heavy atom. The van der Waals surface area contributed by atoms with Crippen molar-refractivity contribution in [2.45, 2.75) is 12.8 Å². The molecule has 12 heavy (non-hydrogen) atoms. The highest BCUT2D eigenvalue weighted by Crippen LogP contribution is 2.44. The molecule has 0 radical (unpaired) electrons. The zero-order chi connectivity index (χ0) is 9.24. The molecule has 72 valence electrons. The number of aliphatic hydroxyl groups excluding tert-OH is 1. The van der Waals surface area contributed by atoms with Crippen molar-refractivity contribution in [3.8, 4) is 0 Å². The maximum atomic E-state index is 10.9. The Balaban J connectivity index is 2.35. The average molecular weight is 194 g/mol. The maximum absolute atomic E-state index is 10.9. The fourth-order valence-corrected chi connectivity index (χ4v) is 1.53. The predicted molar refractivity (Wildman–Crippen MR) is 44.7 cm³/mol. The van der Waals surface area contributed by atoms with Crippen LogP contribution in [0, 0.1) is 5.41 Å². The highest BCUT2D eigenvalue weighted by Gasteiger charge is 2.42. The summed E-state index contributed by atoms with van der Waals surface area (Å²) in [5.41, 5.74) is -0.177. The first-order valence-corrected chi connectivity index (χ1v) is 5.31. The van der Waals surface area contributed by atoms with Crippen LogP contribution >= 0.6 is 0 Å². The second kappa shape index (κ2) is 3.29. The first kappa shape index (κ1) is 9.91. The van der Waals surface area contributed by atoms with Gasteiger partial charge in [-0.25, -0.2) is 9.44 Å². The molecule has 0 aliphatic heterocycles. The fourth-order valence-electron chi connectivity index (χ4n) is 0.888. The number of hydrogen-bond donors (Lipinski definition) is 3. The molecule has 0 unspecified atom stereocenters. The van der Waals surface area contributed by atoms with Gasteiger partial charge in [-0.3, -0.25) is 0 Å². The molecule has 0 heterocycles. The first-order chi connectivity index (χ1) is 5.54. The summed E-state index contributed by atoms with van der Waals surface area (Å²) in [6.07, 6.45) is 1.80. The van der Waals surface area contributed by atoms with E-state index in [2.05, 4.69) is 9.44 Å². The van der Waals surface area contributed by atoms with E-state index in [0.29, 0.717) is 6.54 Å². The lowest BCUT2D eigenvalue weighted by molar-refractivity contribution is 0.213. The number of nitrogens with one attached hydrogen (secondary N) is 2. The van der Waals surface area contributed by atoms with E-state index < -0.39 is 10.2 Å². The lowest BCUT2D eigenvalue weighted by Gasteiger charge is -2.11. The molecule has 0 amide bonds. The van der Waals surface area contributed by atoms with Crippen molar-refractivity contribution >= 4 is 10.2 Å². The van der Waals surface area contributed by atoms with E-state index in [1.54, 1.807) is 0 Å². The van der Waals surface area contributed by atoms with Gasteiger partial charge in [0.2, 0.25) is 0 Å². The second-order valence-electron chi connectivity index (χ2n) is 3.19. The van der Waals surface area contributed by atoms with Gasteiger partial charge in [0.05, 0.1) is 0 Å². The lowest BCUT2D eigenvalue weighted by Crippen LogP contribution is -2.38. The molecule has 0 bridgehead atoms.